The molecule has 1 aromatic heterocycles. The van der Waals surface area contributed by atoms with Gasteiger partial charge in [0.15, 0.2) is 11.5 Å². The number of imide groups is 2. The molecule has 2 aromatic carbocycles. The van der Waals surface area contributed by atoms with Crippen LogP contribution in [0.2, 0.25) is 0 Å². The number of hydrogen-bond acceptors (Lipinski definition) is 13. The van der Waals surface area contributed by atoms with E-state index in [9.17, 15) is 28.8 Å². The second kappa shape index (κ2) is 16.3. The van der Waals surface area contributed by atoms with E-state index in [-0.39, 0.29) is 53.2 Å². The monoisotopic (exact) mass is 836 g/mol. The van der Waals surface area contributed by atoms with Crippen molar-refractivity contribution < 1.29 is 33.2 Å². The summed E-state index contributed by atoms with van der Waals surface area (Å²) in [5.74, 6) is -2.60. The van der Waals surface area contributed by atoms with Gasteiger partial charge in [-0.15, -0.1) is 10.2 Å². The van der Waals surface area contributed by atoms with E-state index in [0.717, 1.165) is 68.4 Å². The number of benzene rings is 2. The molecule has 3 atom stereocenters. The molecule has 4 N–H and O–H groups in total. The van der Waals surface area contributed by atoms with Gasteiger partial charge in [0, 0.05) is 65.0 Å². The predicted molar refractivity (Wildman–Crippen MR) is 220 cm³/mol. The van der Waals surface area contributed by atoms with Crippen LogP contribution in [0.5, 0.6) is 0 Å². The maximum atomic E-state index is 15.5. The Bertz CT molecular complexity index is 2290. The zero-order valence-corrected chi connectivity index (χ0v) is 34.0. The summed E-state index contributed by atoms with van der Waals surface area (Å²) in [5, 5.41) is 13.8. The van der Waals surface area contributed by atoms with Crippen molar-refractivity contribution in [2.75, 3.05) is 81.1 Å². The molecule has 0 radical (unpaired) electrons. The molecule has 7 amide bonds. The van der Waals surface area contributed by atoms with Crippen molar-refractivity contribution in [3.8, 4) is 0 Å². The van der Waals surface area contributed by atoms with Crippen LogP contribution in [0.3, 0.4) is 0 Å². The highest BCUT2D eigenvalue weighted by Gasteiger charge is 2.46. The first-order valence-electron chi connectivity index (χ1n) is 21.1. The Balaban J connectivity index is 0.780. The average molecular weight is 837 g/mol. The second-order valence-electron chi connectivity index (χ2n) is 17.0. The number of likely N-dealkylation sites (N-methyl/N-ethyl adjacent to an activating group) is 1. The van der Waals surface area contributed by atoms with Crippen LogP contribution in [0, 0.1) is 11.7 Å². The molecule has 0 bridgehead atoms. The number of piperidine rings is 3. The molecule has 1 unspecified atom stereocenters. The van der Waals surface area contributed by atoms with Gasteiger partial charge in [-0.3, -0.25) is 34.2 Å². The van der Waals surface area contributed by atoms with E-state index in [1.54, 1.807) is 4.90 Å². The number of hydrogen-bond donors (Lipinski definition) is 3. The van der Waals surface area contributed by atoms with Gasteiger partial charge in [0.2, 0.25) is 17.8 Å². The number of amides is 7. The fourth-order valence-corrected chi connectivity index (χ4v) is 9.81. The first kappa shape index (κ1) is 40.2. The van der Waals surface area contributed by atoms with Crippen LogP contribution < -0.4 is 26.2 Å². The summed E-state index contributed by atoms with van der Waals surface area (Å²) in [7, 11) is 1.81. The molecule has 61 heavy (non-hydrogen) atoms. The van der Waals surface area contributed by atoms with Crippen LogP contribution in [0.25, 0.3) is 0 Å². The van der Waals surface area contributed by atoms with Crippen molar-refractivity contribution in [1.29, 1.82) is 0 Å². The fraction of sp³-hybridized carbons (Fsp3) is 0.500. The zero-order chi connectivity index (χ0) is 42.5. The Morgan fingerprint density at radius 1 is 0.869 bits per heavy atom. The summed E-state index contributed by atoms with van der Waals surface area (Å²) in [6, 6.07) is 9.59. The van der Waals surface area contributed by atoms with Gasteiger partial charge in [0.25, 0.3) is 17.7 Å². The van der Waals surface area contributed by atoms with Gasteiger partial charge in [0.05, 0.1) is 22.9 Å². The summed E-state index contributed by atoms with van der Waals surface area (Å²) in [5.41, 5.74) is 7.83. The van der Waals surface area contributed by atoms with Gasteiger partial charge >= 0.3 is 6.03 Å². The average Bonchev–Trinajstić information content (AvgIpc) is 3.92. The minimum atomic E-state index is -1.11. The summed E-state index contributed by atoms with van der Waals surface area (Å²) < 4.78 is 15.5. The van der Waals surface area contributed by atoms with E-state index >= 15 is 4.39 Å². The molecule has 3 aromatic rings. The van der Waals surface area contributed by atoms with Crippen LogP contribution in [0.4, 0.5) is 32.3 Å². The van der Waals surface area contributed by atoms with Gasteiger partial charge in [0.1, 0.15) is 11.9 Å². The molecule has 7 heterocycles. The number of likely N-dealkylation sites (tertiary alicyclic amines) is 1. The Morgan fingerprint density at radius 2 is 1.62 bits per heavy atom. The van der Waals surface area contributed by atoms with Gasteiger partial charge in [-0.2, -0.15) is 4.98 Å². The number of anilines is 4. The standard InChI is InChI=1S/C42H49FN12O6/c1-50-17-18-54(42(50)61)28-3-2-13-53(23-28)41-47-37(35(36(44)57)48-49-41)45-27-6-4-25(5-7-27)26-11-14-51(15-12-26)21-24-10-16-52(22-24)33-20-30-29(19-31(33)43)39(59)55(40(30)60)32-8-9-34(56)46-38(32)58/h4-7,19-20,24,26,28,32H,2-3,8-18,21-23H2,1H3,(H2,44,57)(H,45,47,49)(H,46,56,58)/t24-,28+,32?/m0/s1. The highest BCUT2D eigenvalue weighted by atomic mass is 19.1. The smallest absolute Gasteiger partial charge is 0.320 e. The number of fused-ring (bicyclic) bond motifs is 1. The zero-order valence-electron chi connectivity index (χ0n) is 34.0. The number of carbonyl (C=O) groups excluding carboxylic acids is 6. The molecule has 6 aliphatic heterocycles. The lowest BCUT2D eigenvalue weighted by atomic mass is 9.89. The molecule has 6 aliphatic rings. The number of rotatable bonds is 10. The lowest BCUT2D eigenvalue weighted by Crippen LogP contribution is -2.54. The first-order chi connectivity index (χ1) is 29.4. The van der Waals surface area contributed by atoms with Crippen LogP contribution >= 0.6 is 0 Å². The van der Waals surface area contributed by atoms with Crippen molar-refractivity contribution in [2.24, 2.45) is 11.7 Å². The van der Waals surface area contributed by atoms with E-state index in [4.69, 9.17) is 10.7 Å². The Kier molecular flexibility index (Phi) is 10.7. The van der Waals surface area contributed by atoms with Crippen LogP contribution in [0.1, 0.15) is 87.6 Å². The lowest BCUT2D eigenvalue weighted by Gasteiger charge is -2.37. The van der Waals surface area contributed by atoms with Crippen molar-refractivity contribution in [3.05, 3.63) is 64.6 Å². The second-order valence-corrected chi connectivity index (χ2v) is 17.0. The van der Waals surface area contributed by atoms with E-state index in [1.807, 2.05) is 33.9 Å². The quantitative estimate of drug-likeness (QED) is 0.251. The molecular weight excluding hydrogens is 788 g/mol. The summed E-state index contributed by atoms with van der Waals surface area (Å²) in [6.07, 6.45) is 4.62. The minimum Gasteiger partial charge on any atom is -0.369 e. The number of nitrogens with two attached hydrogens (primary N) is 1. The summed E-state index contributed by atoms with van der Waals surface area (Å²) in [6.45, 7) is 6.58. The third-order valence-corrected chi connectivity index (χ3v) is 13.2. The van der Waals surface area contributed by atoms with Crippen molar-refractivity contribution in [1.82, 2.24) is 40.1 Å². The molecule has 0 saturated carbocycles. The normalized spacial score (nSPS) is 23.9. The molecule has 9 rings (SSSR count). The maximum Gasteiger partial charge on any atom is 0.320 e. The predicted octanol–water partition coefficient (Wildman–Crippen LogP) is 2.30. The number of nitrogens with one attached hydrogen (secondary N) is 2. The highest BCUT2D eigenvalue weighted by Crippen LogP contribution is 2.36. The third-order valence-electron chi connectivity index (χ3n) is 13.2. The Morgan fingerprint density at radius 3 is 2.33 bits per heavy atom. The molecule has 0 aliphatic carbocycles. The van der Waals surface area contributed by atoms with Gasteiger partial charge in [-0.1, -0.05) is 12.1 Å². The number of carbonyl (C=O) groups is 6. The molecule has 5 saturated heterocycles. The van der Waals surface area contributed by atoms with E-state index in [0.29, 0.717) is 57.1 Å². The molecule has 320 valence electrons. The molecule has 5 fully saturated rings. The minimum absolute atomic E-state index is 0.0123. The van der Waals surface area contributed by atoms with Crippen molar-refractivity contribution in [3.63, 3.8) is 0 Å². The fourth-order valence-electron chi connectivity index (χ4n) is 9.81. The Labute approximate surface area is 351 Å². The summed E-state index contributed by atoms with van der Waals surface area (Å²) in [4.78, 5) is 91.2. The molecule has 0 spiro atoms. The molecular formula is C42H49FN12O6. The number of nitrogens with zero attached hydrogens (tertiary/aromatic N) is 9. The topological polar surface area (TPSA) is 211 Å². The molecule has 18 nitrogen and oxygen atoms in total. The van der Waals surface area contributed by atoms with Gasteiger partial charge < -0.3 is 35.6 Å². The number of halogens is 1. The van der Waals surface area contributed by atoms with Gasteiger partial charge in [-0.25, -0.2) is 9.18 Å². The largest absolute Gasteiger partial charge is 0.369 e. The number of primary amides is 1. The number of urea groups is 1. The first-order valence-corrected chi connectivity index (χ1v) is 21.1. The van der Waals surface area contributed by atoms with E-state index in [1.165, 1.54) is 11.6 Å². The third kappa shape index (κ3) is 7.81. The van der Waals surface area contributed by atoms with E-state index < -0.39 is 41.4 Å². The van der Waals surface area contributed by atoms with Crippen LogP contribution in [-0.2, 0) is 9.59 Å². The SMILES string of the molecule is CN1CCN([C@@H]2CCCN(c3nnc(C(N)=O)c(Nc4ccc(C5CCN(C[C@@H]6CCN(c7cc8c(cc7F)C(=O)N(C7CCC(=O)NC7=O)C8=O)C6)CC5)cc4)n3)C2)C1=O. The van der Waals surface area contributed by atoms with Crippen LogP contribution in [-0.4, -0.2) is 148 Å². The van der Waals surface area contributed by atoms with Crippen molar-refractivity contribution in [2.45, 2.75) is 62.9 Å². The maximum absolute atomic E-state index is 15.5. The lowest BCUT2D eigenvalue weighted by molar-refractivity contribution is -0.136. The number of aromatic nitrogens is 3. The van der Waals surface area contributed by atoms with Crippen LogP contribution in [0.15, 0.2) is 36.4 Å². The summed E-state index contributed by atoms with van der Waals surface area (Å²) >= 11 is 0. The highest BCUT2D eigenvalue weighted by molar-refractivity contribution is 6.23. The molecule has 19 heteroatoms. The van der Waals surface area contributed by atoms with Gasteiger partial charge in [-0.05, 0) is 93.3 Å². The van der Waals surface area contributed by atoms with E-state index in [2.05, 4.69) is 37.9 Å². The van der Waals surface area contributed by atoms with Crippen molar-refractivity contribution >= 4 is 58.7 Å². The Hall–Kier alpha value is -6.24.